The van der Waals surface area contributed by atoms with Gasteiger partial charge in [0.25, 0.3) is 0 Å². The fourth-order valence-corrected chi connectivity index (χ4v) is 1.27. The number of halogens is 3. The second kappa shape index (κ2) is 3.05. The van der Waals surface area contributed by atoms with Crippen molar-refractivity contribution in [3.05, 3.63) is 23.3 Å². The van der Waals surface area contributed by atoms with Gasteiger partial charge in [-0.05, 0) is 6.07 Å². The molecule has 0 spiro atoms. The first-order chi connectivity index (χ1) is 7.02. The number of ether oxygens (including phenoxy) is 2. The Morgan fingerprint density at radius 3 is 2.33 bits per heavy atom. The molecule has 1 heterocycles. The van der Waals surface area contributed by atoms with Crippen molar-refractivity contribution in [2.75, 3.05) is 6.79 Å². The third-order valence-electron chi connectivity index (χ3n) is 1.94. The Morgan fingerprint density at radius 2 is 1.80 bits per heavy atom. The van der Waals surface area contributed by atoms with Crippen LogP contribution in [0.3, 0.4) is 0 Å². The molecule has 0 bridgehead atoms. The second-order valence-electron chi connectivity index (χ2n) is 2.86. The number of alkyl halides is 3. The van der Waals surface area contributed by atoms with Gasteiger partial charge in [0.1, 0.15) is 0 Å². The van der Waals surface area contributed by atoms with Gasteiger partial charge in [-0.25, -0.2) is 0 Å². The van der Waals surface area contributed by atoms with Gasteiger partial charge in [0, 0.05) is 6.07 Å². The monoisotopic (exact) mass is 215 g/mol. The summed E-state index contributed by atoms with van der Waals surface area (Å²) in [4.78, 5) is 0. The Balaban J connectivity index is 2.60. The molecule has 3 nitrogen and oxygen atoms in total. The Bertz CT molecular complexity index is 448. The van der Waals surface area contributed by atoms with Crippen LogP contribution in [0, 0.1) is 11.3 Å². The Hall–Kier alpha value is -1.90. The molecule has 0 atom stereocenters. The van der Waals surface area contributed by atoms with Crippen LogP contribution in [0.2, 0.25) is 0 Å². The molecule has 0 fully saturated rings. The van der Waals surface area contributed by atoms with Crippen LogP contribution in [0.1, 0.15) is 11.1 Å². The summed E-state index contributed by atoms with van der Waals surface area (Å²) in [7, 11) is 0. The van der Waals surface area contributed by atoms with Gasteiger partial charge < -0.3 is 9.47 Å². The van der Waals surface area contributed by atoms with E-state index < -0.39 is 17.3 Å². The van der Waals surface area contributed by atoms with Crippen molar-refractivity contribution in [1.29, 1.82) is 5.26 Å². The van der Waals surface area contributed by atoms with Gasteiger partial charge in [-0.3, -0.25) is 0 Å². The minimum absolute atomic E-state index is 0.0151. The van der Waals surface area contributed by atoms with E-state index in [0.717, 1.165) is 12.1 Å². The first-order valence-electron chi connectivity index (χ1n) is 3.93. The SMILES string of the molecule is N#Cc1cc2c(cc1C(F)(F)F)OCO2. The van der Waals surface area contributed by atoms with Crippen molar-refractivity contribution in [3.63, 3.8) is 0 Å². The van der Waals surface area contributed by atoms with Crippen LogP contribution < -0.4 is 9.47 Å². The highest BCUT2D eigenvalue weighted by Gasteiger charge is 2.35. The van der Waals surface area contributed by atoms with Crippen molar-refractivity contribution in [2.24, 2.45) is 0 Å². The number of rotatable bonds is 0. The fourth-order valence-electron chi connectivity index (χ4n) is 1.27. The summed E-state index contributed by atoms with van der Waals surface area (Å²) < 4.78 is 47.0. The van der Waals surface area contributed by atoms with Crippen LogP contribution in [-0.4, -0.2) is 6.79 Å². The Morgan fingerprint density at radius 1 is 1.20 bits per heavy atom. The molecule has 0 saturated heterocycles. The molecule has 1 aliphatic heterocycles. The molecule has 0 radical (unpaired) electrons. The molecule has 1 aromatic rings. The minimum Gasteiger partial charge on any atom is -0.454 e. The number of hydrogen-bond acceptors (Lipinski definition) is 3. The molecule has 0 amide bonds. The fraction of sp³-hybridized carbons (Fsp3) is 0.222. The molecule has 0 N–H and O–H groups in total. The summed E-state index contributed by atoms with van der Waals surface area (Å²) in [5, 5.41) is 8.57. The normalized spacial score (nSPS) is 13.7. The molecule has 1 aliphatic rings. The van der Waals surface area contributed by atoms with E-state index in [-0.39, 0.29) is 18.3 Å². The summed E-state index contributed by atoms with van der Waals surface area (Å²) in [6.45, 7) is -0.123. The minimum atomic E-state index is -4.56. The molecule has 78 valence electrons. The predicted octanol–water partition coefficient (Wildman–Crippen LogP) is 2.31. The molecule has 0 saturated carbocycles. The Labute approximate surface area is 82.6 Å². The molecule has 6 heteroatoms. The van der Waals surface area contributed by atoms with E-state index in [1.807, 2.05) is 0 Å². The highest BCUT2D eigenvalue weighted by atomic mass is 19.4. The smallest absolute Gasteiger partial charge is 0.417 e. The topological polar surface area (TPSA) is 42.2 Å². The lowest BCUT2D eigenvalue weighted by Crippen LogP contribution is -2.07. The number of nitriles is 1. The van der Waals surface area contributed by atoms with Gasteiger partial charge in [-0.2, -0.15) is 18.4 Å². The van der Waals surface area contributed by atoms with Crippen LogP contribution in [0.15, 0.2) is 12.1 Å². The second-order valence-corrected chi connectivity index (χ2v) is 2.86. The molecule has 1 aromatic carbocycles. The number of nitrogens with zero attached hydrogens (tertiary/aromatic N) is 1. The van der Waals surface area contributed by atoms with Gasteiger partial charge in [-0.15, -0.1) is 0 Å². The van der Waals surface area contributed by atoms with Crippen molar-refractivity contribution >= 4 is 0 Å². The van der Waals surface area contributed by atoms with Crippen molar-refractivity contribution in [3.8, 4) is 17.6 Å². The third-order valence-corrected chi connectivity index (χ3v) is 1.94. The summed E-state index contributed by atoms with van der Waals surface area (Å²) in [5.41, 5.74) is -1.47. The van der Waals surface area contributed by atoms with Gasteiger partial charge in [0.05, 0.1) is 17.2 Å². The standard InChI is InChI=1S/C9H4F3NO2/c10-9(11,12)6-2-8-7(14-4-15-8)1-5(6)3-13/h1-2H,4H2. The van der Waals surface area contributed by atoms with E-state index >= 15 is 0 Å². The molecule has 15 heavy (non-hydrogen) atoms. The summed E-state index contributed by atoms with van der Waals surface area (Å²) in [6, 6.07) is 3.29. The zero-order valence-corrected chi connectivity index (χ0v) is 7.26. The number of benzene rings is 1. The van der Waals surface area contributed by atoms with Crippen LogP contribution in [0.4, 0.5) is 13.2 Å². The summed E-state index contributed by atoms with van der Waals surface area (Å²) >= 11 is 0. The molecular formula is C9H4F3NO2. The lowest BCUT2D eigenvalue weighted by molar-refractivity contribution is -0.137. The van der Waals surface area contributed by atoms with Gasteiger partial charge in [0.2, 0.25) is 6.79 Å². The van der Waals surface area contributed by atoms with Crippen LogP contribution >= 0.6 is 0 Å². The molecule has 2 rings (SSSR count). The van der Waals surface area contributed by atoms with Crippen LogP contribution in [0.25, 0.3) is 0 Å². The van der Waals surface area contributed by atoms with Crippen LogP contribution in [0.5, 0.6) is 11.5 Å². The van der Waals surface area contributed by atoms with Crippen molar-refractivity contribution in [1.82, 2.24) is 0 Å². The average Bonchev–Trinajstić information content (AvgIpc) is 2.60. The van der Waals surface area contributed by atoms with E-state index in [2.05, 4.69) is 0 Å². The highest BCUT2D eigenvalue weighted by molar-refractivity contribution is 5.53. The lowest BCUT2D eigenvalue weighted by Gasteiger charge is -2.09. The first kappa shape index (κ1) is 9.65. The third kappa shape index (κ3) is 1.56. The summed E-state index contributed by atoms with van der Waals surface area (Å²) in [5.74, 6) is 0.181. The number of hydrogen-bond donors (Lipinski definition) is 0. The van der Waals surface area contributed by atoms with Gasteiger partial charge in [-0.1, -0.05) is 0 Å². The van der Waals surface area contributed by atoms with Gasteiger partial charge >= 0.3 is 6.18 Å². The van der Waals surface area contributed by atoms with Crippen molar-refractivity contribution in [2.45, 2.75) is 6.18 Å². The quantitative estimate of drug-likeness (QED) is 0.666. The summed E-state index contributed by atoms with van der Waals surface area (Å²) in [6.07, 6.45) is -4.56. The van der Waals surface area contributed by atoms with Crippen molar-refractivity contribution < 1.29 is 22.6 Å². The molecule has 0 unspecified atom stereocenters. The van der Waals surface area contributed by atoms with E-state index in [9.17, 15) is 13.2 Å². The van der Waals surface area contributed by atoms with Crippen LogP contribution in [-0.2, 0) is 6.18 Å². The molecule has 0 aromatic heterocycles. The van der Waals surface area contributed by atoms with E-state index in [1.54, 1.807) is 0 Å². The van der Waals surface area contributed by atoms with E-state index in [1.165, 1.54) is 6.07 Å². The largest absolute Gasteiger partial charge is 0.454 e. The maximum Gasteiger partial charge on any atom is 0.417 e. The first-order valence-corrected chi connectivity index (χ1v) is 3.93. The number of fused-ring (bicyclic) bond motifs is 1. The van der Waals surface area contributed by atoms with E-state index in [0.29, 0.717) is 0 Å². The molecular weight excluding hydrogens is 211 g/mol. The Kier molecular flexibility index (Phi) is 1.96. The average molecular weight is 215 g/mol. The highest BCUT2D eigenvalue weighted by Crippen LogP contribution is 2.40. The molecule has 0 aliphatic carbocycles. The lowest BCUT2D eigenvalue weighted by atomic mass is 10.1. The van der Waals surface area contributed by atoms with E-state index in [4.69, 9.17) is 14.7 Å². The maximum absolute atomic E-state index is 12.5. The zero-order valence-electron chi connectivity index (χ0n) is 7.26. The zero-order chi connectivity index (χ0) is 11.1. The van der Waals surface area contributed by atoms with Gasteiger partial charge in [0.15, 0.2) is 11.5 Å². The predicted molar refractivity (Wildman–Crippen MR) is 42.3 cm³/mol. The maximum atomic E-state index is 12.5.